The van der Waals surface area contributed by atoms with Crippen molar-refractivity contribution in [3.63, 3.8) is 0 Å². The number of nitrogens with zero attached hydrogens (tertiary/aromatic N) is 3. The summed E-state index contributed by atoms with van der Waals surface area (Å²) in [6, 6.07) is 20.4. The molecule has 0 aliphatic heterocycles. The third-order valence-electron chi connectivity index (χ3n) is 5.15. The third-order valence-corrected chi connectivity index (χ3v) is 6.08. The van der Waals surface area contributed by atoms with Crippen LogP contribution in [0.4, 0.5) is 0 Å². The Hall–Kier alpha value is -2.86. The van der Waals surface area contributed by atoms with Gasteiger partial charge < -0.3 is 5.32 Å². The Kier molecular flexibility index (Phi) is 6.04. The van der Waals surface area contributed by atoms with Crippen LogP contribution < -0.4 is 5.32 Å². The van der Waals surface area contributed by atoms with E-state index in [-0.39, 0.29) is 11.9 Å². The molecule has 2 heterocycles. The molecule has 0 aliphatic carbocycles. The quantitative estimate of drug-likeness (QED) is 0.420. The van der Waals surface area contributed by atoms with Crippen LogP contribution in [0.3, 0.4) is 0 Å². The zero-order valence-electron chi connectivity index (χ0n) is 17.5. The Morgan fingerprint density at radius 3 is 2.57 bits per heavy atom. The summed E-state index contributed by atoms with van der Waals surface area (Å²) in [5.74, 6) is 0.783. The summed E-state index contributed by atoms with van der Waals surface area (Å²) in [5, 5.41) is 13.8. The predicted molar refractivity (Wildman–Crippen MR) is 123 cm³/mol. The highest BCUT2D eigenvalue weighted by atomic mass is 32.2. The molecule has 0 spiro atoms. The van der Waals surface area contributed by atoms with Crippen LogP contribution >= 0.6 is 11.8 Å². The Labute approximate surface area is 180 Å². The summed E-state index contributed by atoms with van der Waals surface area (Å²) in [5.41, 5.74) is 4.16. The van der Waals surface area contributed by atoms with E-state index < -0.39 is 0 Å². The Morgan fingerprint density at radius 2 is 1.80 bits per heavy atom. The van der Waals surface area contributed by atoms with Crippen LogP contribution in [0, 0.1) is 12.8 Å². The highest BCUT2D eigenvalue weighted by Gasteiger charge is 2.18. The average molecular weight is 419 g/mol. The van der Waals surface area contributed by atoms with Crippen LogP contribution in [-0.4, -0.2) is 26.3 Å². The van der Waals surface area contributed by atoms with Gasteiger partial charge in [-0.2, -0.15) is 0 Å². The molecule has 30 heavy (non-hydrogen) atoms. The maximum atomic E-state index is 12.8. The van der Waals surface area contributed by atoms with Gasteiger partial charge in [-0.05, 0) is 42.5 Å². The average Bonchev–Trinajstić information content (AvgIpc) is 3.15. The smallest absolute Gasteiger partial charge is 0.230 e. The lowest BCUT2D eigenvalue weighted by atomic mass is 9.97. The predicted octanol–water partition coefficient (Wildman–Crippen LogP) is 5.19. The number of aromatic nitrogens is 3. The monoisotopic (exact) mass is 418 g/mol. The van der Waals surface area contributed by atoms with Gasteiger partial charge in [-0.15, -0.1) is 10.2 Å². The Balaban J connectivity index is 1.52. The van der Waals surface area contributed by atoms with Gasteiger partial charge in [0.1, 0.15) is 0 Å². The Morgan fingerprint density at radius 1 is 1.07 bits per heavy atom. The fraction of sp³-hybridized carbons (Fsp3) is 0.292. The molecule has 2 aromatic heterocycles. The van der Waals surface area contributed by atoms with Crippen LogP contribution in [-0.2, 0) is 4.79 Å². The van der Waals surface area contributed by atoms with Crippen LogP contribution in [0.5, 0.6) is 0 Å². The lowest BCUT2D eigenvalue weighted by molar-refractivity contribution is -0.119. The summed E-state index contributed by atoms with van der Waals surface area (Å²) in [4.78, 5) is 12.8. The van der Waals surface area contributed by atoms with Gasteiger partial charge in [-0.1, -0.05) is 74.1 Å². The van der Waals surface area contributed by atoms with Crippen molar-refractivity contribution in [2.75, 3.05) is 5.75 Å². The van der Waals surface area contributed by atoms with Crippen molar-refractivity contribution in [2.24, 2.45) is 5.92 Å². The second-order valence-electron chi connectivity index (χ2n) is 7.97. The van der Waals surface area contributed by atoms with E-state index in [0.717, 1.165) is 33.7 Å². The second kappa shape index (κ2) is 8.88. The molecule has 1 atom stereocenters. The van der Waals surface area contributed by atoms with Crippen molar-refractivity contribution in [2.45, 2.75) is 38.4 Å². The van der Waals surface area contributed by atoms with E-state index in [0.29, 0.717) is 11.7 Å². The highest BCUT2D eigenvalue weighted by molar-refractivity contribution is 7.99. The first-order valence-corrected chi connectivity index (χ1v) is 11.2. The lowest BCUT2D eigenvalue weighted by Crippen LogP contribution is -2.30. The molecule has 0 saturated carbocycles. The number of para-hydroxylation sites is 1. The summed E-state index contributed by atoms with van der Waals surface area (Å²) < 4.78 is 2.03. The van der Waals surface area contributed by atoms with Crippen molar-refractivity contribution in [3.05, 3.63) is 71.8 Å². The van der Waals surface area contributed by atoms with E-state index in [1.54, 1.807) is 0 Å². The van der Waals surface area contributed by atoms with Gasteiger partial charge >= 0.3 is 0 Å². The molecule has 1 N–H and O–H groups in total. The molecule has 5 nitrogen and oxygen atoms in total. The molecular formula is C24H26N4OS. The zero-order valence-corrected chi connectivity index (χ0v) is 18.3. The molecule has 0 fully saturated rings. The SMILES string of the molecule is Cc1cc2nnc(SCC(=O)NC(CC(C)C)c3ccccc3)n2c2ccccc12. The van der Waals surface area contributed by atoms with Crippen molar-refractivity contribution >= 4 is 34.2 Å². The van der Waals surface area contributed by atoms with Gasteiger partial charge in [0.05, 0.1) is 17.3 Å². The number of thioether (sulfide) groups is 1. The number of fused-ring (bicyclic) bond motifs is 3. The van der Waals surface area contributed by atoms with Gasteiger partial charge in [0, 0.05) is 5.39 Å². The summed E-state index contributed by atoms with van der Waals surface area (Å²) >= 11 is 1.42. The zero-order chi connectivity index (χ0) is 21.1. The number of hydrogen-bond donors (Lipinski definition) is 1. The molecule has 4 rings (SSSR count). The number of nitrogens with one attached hydrogen (secondary N) is 1. The van der Waals surface area contributed by atoms with Crippen LogP contribution in [0.2, 0.25) is 0 Å². The standard InChI is InChI=1S/C24H26N4OS/c1-16(2)13-20(18-9-5-4-6-10-18)25-23(29)15-30-24-27-26-22-14-17(3)19-11-7-8-12-21(19)28(22)24/h4-12,14,16,20H,13,15H2,1-3H3,(H,25,29). The van der Waals surface area contributed by atoms with Crippen molar-refractivity contribution in [1.82, 2.24) is 19.9 Å². The first-order chi connectivity index (χ1) is 14.5. The first-order valence-electron chi connectivity index (χ1n) is 10.2. The second-order valence-corrected chi connectivity index (χ2v) is 8.91. The number of rotatable bonds is 7. The highest BCUT2D eigenvalue weighted by Crippen LogP contribution is 2.26. The molecule has 0 radical (unpaired) electrons. The van der Waals surface area contributed by atoms with E-state index in [9.17, 15) is 4.79 Å². The molecule has 0 bridgehead atoms. The molecular weight excluding hydrogens is 392 g/mol. The molecule has 154 valence electrons. The number of benzene rings is 2. The van der Waals surface area contributed by atoms with E-state index >= 15 is 0 Å². The number of aryl methyl sites for hydroxylation is 1. The number of pyridine rings is 1. The first kappa shape index (κ1) is 20.4. The van der Waals surface area contributed by atoms with E-state index in [2.05, 4.69) is 60.6 Å². The minimum atomic E-state index is 0.00247. The lowest BCUT2D eigenvalue weighted by Gasteiger charge is -2.21. The Bertz CT molecular complexity index is 1170. The van der Waals surface area contributed by atoms with Gasteiger partial charge in [-0.25, -0.2) is 0 Å². The number of amides is 1. The van der Waals surface area contributed by atoms with Gasteiger partial charge in [0.2, 0.25) is 5.91 Å². The summed E-state index contributed by atoms with van der Waals surface area (Å²) in [7, 11) is 0. The molecule has 4 aromatic rings. The summed E-state index contributed by atoms with van der Waals surface area (Å²) in [6.07, 6.45) is 0.901. The van der Waals surface area contributed by atoms with E-state index in [1.165, 1.54) is 17.3 Å². The fourth-order valence-corrected chi connectivity index (χ4v) is 4.53. The fourth-order valence-electron chi connectivity index (χ4n) is 3.77. The van der Waals surface area contributed by atoms with E-state index in [4.69, 9.17) is 0 Å². The topological polar surface area (TPSA) is 59.3 Å². The largest absolute Gasteiger partial charge is 0.349 e. The molecule has 2 aromatic carbocycles. The minimum Gasteiger partial charge on any atom is -0.349 e. The number of hydrogen-bond acceptors (Lipinski definition) is 4. The van der Waals surface area contributed by atoms with Gasteiger partial charge in [-0.3, -0.25) is 9.20 Å². The van der Waals surface area contributed by atoms with Gasteiger partial charge in [0.25, 0.3) is 0 Å². The molecule has 1 amide bonds. The molecule has 6 heteroatoms. The van der Waals surface area contributed by atoms with Crippen LogP contribution in [0.25, 0.3) is 16.6 Å². The van der Waals surface area contributed by atoms with Crippen LogP contribution in [0.15, 0.2) is 65.8 Å². The van der Waals surface area contributed by atoms with Crippen molar-refractivity contribution < 1.29 is 4.79 Å². The van der Waals surface area contributed by atoms with Gasteiger partial charge in [0.15, 0.2) is 10.8 Å². The van der Waals surface area contributed by atoms with Crippen molar-refractivity contribution in [1.29, 1.82) is 0 Å². The maximum Gasteiger partial charge on any atom is 0.230 e. The number of carbonyl (C=O) groups is 1. The minimum absolute atomic E-state index is 0.00247. The molecule has 0 saturated heterocycles. The number of carbonyl (C=O) groups excluding carboxylic acids is 1. The molecule has 0 aliphatic rings. The van der Waals surface area contributed by atoms with Crippen LogP contribution in [0.1, 0.15) is 37.4 Å². The maximum absolute atomic E-state index is 12.8. The van der Waals surface area contributed by atoms with E-state index in [1.807, 2.05) is 40.8 Å². The van der Waals surface area contributed by atoms with Crippen molar-refractivity contribution in [3.8, 4) is 0 Å². The third kappa shape index (κ3) is 4.33. The molecule has 1 unspecified atom stereocenters. The normalized spacial score (nSPS) is 12.5. The summed E-state index contributed by atoms with van der Waals surface area (Å²) in [6.45, 7) is 6.42.